The van der Waals surface area contributed by atoms with Crippen molar-refractivity contribution in [3.8, 4) is 0 Å². The average molecular weight is 277 g/mol. The molecule has 0 bridgehead atoms. The van der Waals surface area contributed by atoms with E-state index in [9.17, 15) is 4.39 Å². The fourth-order valence-electron chi connectivity index (χ4n) is 2.47. The molecule has 100 valence electrons. The molecule has 0 nitrogen and oxygen atoms in total. The Labute approximate surface area is 119 Å². The maximum atomic E-state index is 13.0. The van der Waals surface area contributed by atoms with Crippen LogP contribution in [0.3, 0.4) is 0 Å². The molecule has 2 rings (SSSR count). The van der Waals surface area contributed by atoms with E-state index in [0.717, 1.165) is 12.0 Å². The summed E-state index contributed by atoms with van der Waals surface area (Å²) in [5, 5.41) is 0. The van der Waals surface area contributed by atoms with Crippen LogP contribution in [-0.4, -0.2) is 5.88 Å². The number of halogens is 2. The molecule has 1 atom stereocenters. The van der Waals surface area contributed by atoms with Crippen molar-refractivity contribution in [2.45, 2.75) is 26.2 Å². The van der Waals surface area contributed by atoms with Crippen molar-refractivity contribution in [3.63, 3.8) is 0 Å². The van der Waals surface area contributed by atoms with Gasteiger partial charge in [-0.25, -0.2) is 4.39 Å². The monoisotopic (exact) mass is 276 g/mol. The van der Waals surface area contributed by atoms with Gasteiger partial charge in [0.2, 0.25) is 0 Å². The third-order valence-corrected chi connectivity index (χ3v) is 3.66. The van der Waals surface area contributed by atoms with Gasteiger partial charge >= 0.3 is 0 Å². The van der Waals surface area contributed by atoms with Gasteiger partial charge in [0.05, 0.1) is 0 Å². The van der Waals surface area contributed by atoms with Crippen LogP contribution >= 0.6 is 11.6 Å². The molecular formula is C17H18ClF. The Morgan fingerprint density at radius 2 is 1.58 bits per heavy atom. The molecule has 0 radical (unpaired) electrons. The smallest absolute Gasteiger partial charge is 0.123 e. The SMILES string of the molecule is Cc1cc(C)cc(CC(CCl)c2ccc(F)cc2)c1. The van der Waals surface area contributed by atoms with Crippen LogP contribution in [0.1, 0.15) is 28.2 Å². The summed E-state index contributed by atoms with van der Waals surface area (Å²) in [4.78, 5) is 0. The van der Waals surface area contributed by atoms with Crippen molar-refractivity contribution in [1.29, 1.82) is 0 Å². The summed E-state index contributed by atoms with van der Waals surface area (Å²) in [6.45, 7) is 4.20. The first-order valence-corrected chi connectivity index (χ1v) is 7.00. The second-order valence-electron chi connectivity index (χ2n) is 5.10. The Balaban J connectivity index is 2.21. The second kappa shape index (κ2) is 6.21. The predicted octanol–water partition coefficient (Wildman–Crippen LogP) is 5.01. The van der Waals surface area contributed by atoms with E-state index in [1.54, 1.807) is 0 Å². The summed E-state index contributed by atoms with van der Waals surface area (Å²) in [5.74, 6) is 0.561. The van der Waals surface area contributed by atoms with Crippen molar-refractivity contribution in [1.82, 2.24) is 0 Å². The number of hydrogen-bond acceptors (Lipinski definition) is 0. The van der Waals surface area contributed by atoms with E-state index in [-0.39, 0.29) is 11.7 Å². The van der Waals surface area contributed by atoms with Crippen molar-refractivity contribution < 1.29 is 4.39 Å². The predicted molar refractivity (Wildman–Crippen MR) is 79.5 cm³/mol. The Bertz CT molecular complexity index is 525. The van der Waals surface area contributed by atoms with E-state index in [1.165, 1.54) is 28.8 Å². The molecule has 0 saturated carbocycles. The molecular weight excluding hydrogens is 259 g/mol. The van der Waals surface area contributed by atoms with E-state index in [4.69, 9.17) is 11.6 Å². The van der Waals surface area contributed by atoms with Gasteiger partial charge in [-0.2, -0.15) is 0 Å². The molecule has 2 aromatic rings. The zero-order valence-electron chi connectivity index (χ0n) is 11.3. The molecule has 0 fully saturated rings. The summed E-state index contributed by atoms with van der Waals surface area (Å²) < 4.78 is 13.0. The highest BCUT2D eigenvalue weighted by Crippen LogP contribution is 2.24. The zero-order chi connectivity index (χ0) is 13.8. The van der Waals surface area contributed by atoms with Crippen LogP contribution < -0.4 is 0 Å². The summed E-state index contributed by atoms with van der Waals surface area (Å²) in [5.41, 5.74) is 4.91. The lowest BCUT2D eigenvalue weighted by molar-refractivity contribution is 0.625. The highest BCUT2D eigenvalue weighted by atomic mass is 35.5. The molecule has 0 aliphatic heterocycles. The van der Waals surface area contributed by atoms with Crippen molar-refractivity contribution in [2.24, 2.45) is 0 Å². The van der Waals surface area contributed by atoms with Crippen molar-refractivity contribution in [2.75, 3.05) is 5.88 Å². The molecule has 0 saturated heterocycles. The van der Waals surface area contributed by atoms with Gasteiger partial charge in [0.25, 0.3) is 0 Å². The summed E-state index contributed by atoms with van der Waals surface area (Å²) in [6, 6.07) is 13.2. The van der Waals surface area contributed by atoms with Crippen LogP contribution in [-0.2, 0) is 6.42 Å². The second-order valence-corrected chi connectivity index (χ2v) is 5.41. The molecule has 19 heavy (non-hydrogen) atoms. The lowest BCUT2D eigenvalue weighted by Gasteiger charge is -2.15. The van der Waals surface area contributed by atoms with Gasteiger partial charge < -0.3 is 0 Å². The topological polar surface area (TPSA) is 0 Å². The maximum Gasteiger partial charge on any atom is 0.123 e. The van der Waals surface area contributed by atoms with Gasteiger partial charge in [-0.1, -0.05) is 41.5 Å². The van der Waals surface area contributed by atoms with Crippen molar-refractivity contribution in [3.05, 3.63) is 70.5 Å². The van der Waals surface area contributed by atoms with Gasteiger partial charge in [-0.05, 0) is 43.5 Å². The molecule has 2 aromatic carbocycles. The van der Waals surface area contributed by atoms with Gasteiger partial charge in [0.15, 0.2) is 0 Å². The van der Waals surface area contributed by atoms with Gasteiger partial charge in [0, 0.05) is 11.8 Å². The lowest BCUT2D eigenvalue weighted by Crippen LogP contribution is -2.05. The third kappa shape index (κ3) is 3.81. The van der Waals surface area contributed by atoms with Crippen LogP contribution in [0.25, 0.3) is 0 Å². The number of alkyl halides is 1. The molecule has 0 amide bonds. The number of benzene rings is 2. The quantitative estimate of drug-likeness (QED) is 0.689. The molecule has 2 heteroatoms. The molecule has 0 heterocycles. The molecule has 0 aliphatic rings. The average Bonchev–Trinajstić information content (AvgIpc) is 2.36. The molecule has 0 aliphatic carbocycles. The first kappa shape index (κ1) is 14.1. The highest BCUT2D eigenvalue weighted by Gasteiger charge is 2.12. The zero-order valence-corrected chi connectivity index (χ0v) is 12.0. The fraction of sp³-hybridized carbons (Fsp3) is 0.294. The van der Waals surface area contributed by atoms with Crippen LogP contribution in [0.4, 0.5) is 4.39 Å². The van der Waals surface area contributed by atoms with Gasteiger partial charge in [-0.15, -0.1) is 11.6 Å². The van der Waals surface area contributed by atoms with Gasteiger partial charge in [-0.3, -0.25) is 0 Å². The van der Waals surface area contributed by atoms with Crippen molar-refractivity contribution >= 4 is 11.6 Å². The molecule has 1 unspecified atom stereocenters. The number of rotatable bonds is 4. The highest BCUT2D eigenvalue weighted by molar-refractivity contribution is 6.18. The number of hydrogen-bond donors (Lipinski definition) is 0. The minimum absolute atomic E-state index is 0.205. The van der Waals surface area contributed by atoms with E-state index in [2.05, 4.69) is 32.0 Å². The number of aryl methyl sites for hydroxylation is 2. The van der Waals surface area contributed by atoms with E-state index in [1.807, 2.05) is 12.1 Å². The maximum absolute atomic E-state index is 13.0. The molecule has 0 aromatic heterocycles. The van der Waals surface area contributed by atoms with Gasteiger partial charge in [0.1, 0.15) is 5.82 Å². The Morgan fingerprint density at radius 3 is 2.11 bits per heavy atom. The Hall–Kier alpha value is -1.34. The summed E-state index contributed by atoms with van der Waals surface area (Å²) in [7, 11) is 0. The molecule has 0 N–H and O–H groups in total. The minimum Gasteiger partial charge on any atom is -0.207 e. The first-order valence-electron chi connectivity index (χ1n) is 6.47. The van der Waals surface area contributed by atoms with E-state index < -0.39 is 0 Å². The summed E-state index contributed by atoms with van der Waals surface area (Å²) in [6.07, 6.45) is 0.887. The lowest BCUT2D eigenvalue weighted by atomic mass is 9.92. The Kier molecular flexibility index (Phi) is 4.60. The third-order valence-electron chi connectivity index (χ3n) is 3.29. The fourth-order valence-corrected chi connectivity index (χ4v) is 2.76. The minimum atomic E-state index is -0.205. The normalized spacial score (nSPS) is 12.4. The van der Waals surface area contributed by atoms with Crippen LogP contribution in [0.15, 0.2) is 42.5 Å². The summed E-state index contributed by atoms with van der Waals surface area (Å²) >= 11 is 6.08. The first-order chi connectivity index (χ1) is 9.08. The Morgan fingerprint density at radius 1 is 1.00 bits per heavy atom. The standard InChI is InChI=1S/C17H18ClF/c1-12-7-13(2)9-14(8-12)10-16(11-18)15-3-5-17(19)6-4-15/h3-9,16H,10-11H2,1-2H3. The van der Waals surface area contributed by atoms with E-state index in [0.29, 0.717) is 5.88 Å². The van der Waals surface area contributed by atoms with Crippen LogP contribution in [0.5, 0.6) is 0 Å². The van der Waals surface area contributed by atoms with Crippen LogP contribution in [0.2, 0.25) is 0 Å². The largest absolute Gasteiger partial charge is 0.207 e. The molecule has 0 spiro atoms. The van der Waals surface area contributed by atoms with E-state index >= 15 is 0 Å². The van der Waals surface area contributed by atoms with Crippen LogP contribution in [0, 0.1) is 19.7 Å².